The van der Waals surface area contributed by atoms with Crippen LogP contribution in [0.2, 0.25) is 0 Å². The van der Waals surface area contributed by atoms with E-state index in [-0.39, 0.29) is 6.04 Å². The fraction of sp³-hybridized carbons (Fsp3) is 0.700. The van der Waals surface area contributed by atoms with Gasteiger partial charge >= 0.3 is 0 Å². The molecular formula is C10H17N3O. The molecule has 4 nitrogen and oxygen atoms in total. The highest BCUT2D eigenvalue weighted by Crippen LogP contribution is 2.21. The molecule has 1 fully saturated rings. The molecule has 2 heterocycles. The number of aromatic nitrogens is 1. The van der Waals surface area contributed by atoms with Crippen LogP contribution in [0.1, 0.15) is 23.4 Å². The molecule has 1 saturated heterocycles. The summed E-state index contributed by atoms with van der Waals surface area (Å²) in [5, 5.41) is 3.35. The Balaban J connectivity index is 2.20. The number of nitrogens with one attached hydrogen (secondary N) is 1. The van der Waals surface area contributed by atoms with E-state index in [0.717, 1.165) is 37.0 Å². The number of hydrogen-bond acceptors (Lipinski definition) is 4. The lowest BCUT2D eigenvalue weighted by Gasteiger charge is -2.30. The zero-order valence-electron chi connectivity index (χ0n) is 9.00. The first-order valence-electron chi connectivity index (χ1n) is 5.03. The van der Waals surface area contributed by atoms with Crippen LogP contribution < -0.4 is 5.32 Å². The van der Waals surface area contributed by atoms with Crippen molar-refractivity contribution in [2.45, 2.75) is 19.9 Å². The van der Waals surface area contributed by atoms with Crippen LogP contribution >= 0.6 is 0 Å². The Hall–Kier alpha value is -0.870. The molecule has 1 aromatic rings. The third-order valence-corrected chi connectivity index (χ3v) is 2.84. The summed E-state index contributed by atoms with van der Waals surface area (Å²) in [6.07, 6.45) is 0. The van der Waals surface area contributed by atoms with E-state index in [0.29, 0.717) is 0 Å². The fourth-order valence-electron chi connectivity index (χ4n) is 1.72. The Morgan fingerprint density at radius 2 is 2.29 bits per heavy atom. The number of likely N-dealkylation sites (N-methyl/N-ethyl adjacent to an activating group) is 1. The van der Waals surface area contributed by atoms with Crippen molar-refractivity contribution in [3.63, 3.8) is 0 Å². The maximum absolute atomic E-state index is 5.63. The maximum Gasteiger partial charge on any atom is 0.213 e. The first-order valence-corrected chi connectivity index (χ1v) is 5.03. The van der Waals surface area contributed by atoms with Crippen LogP contribution in [0.15, 0.2) is 4.42 Å². The van der Waals surface area contributed by atoms with Crippen molar-refractivity contribution < 1.29 is 4.42 Å². The zero-order chi connectivity index (χ0) is 10.1. The summed E-state index contributed by atoms with van der Waals surface area (Å²) in [6.45, 7) is 6.97. The van der Waals surface area contributed by atoms with Gasteiger partial charge < -0.3 is 9.73 Å². The lowest BCUT2D eigenvalue weighted by Crippen LogP contribution is -2.43. The van der Waals surface area contributed by atoms with E-state index in [1.54, 1.807) is 0 Å². The van der Waals surface area contributed by atoms with Crippen molar-refractivity contribution in [1.82, 2.24) is 15.2 Å². The van der Waals surface area contributed by atoms with Gasteiger partial charge in [0.2, 0.25) is 5.89 Å². The smallest absolute Gasteiger partial charge is 0.213 e. The van der Waals surface area contributed by atoms with Crippen molar-refractivity contribution in [2.24, 2.45) is 0 Å². The van der Waals surface area contributed by atoms with Gasteiger partial charge in [-0.25, -0.2) is 4.98 Å². The SMILES string of the molecule is Cc1nc(C2CNCCN2C)oc1C. The highest BCUT2D eigenvalue weighted by molar-refractivity contribution is 5.08. The lowest BCUT2D eigenvalue weighted by molar-refractivity contribution is 0.171. The van der Waals surface area contributed by atoms with Gasteiger partial charge in [0.05, 0.1) is 11.7 Å². The molecule has 1 aliphatic heterocycles. The molecule has 78 valence electrons. The van der Waals surface area contributed by atoms with Crippen LogP contribution in [0.25, 0.3) is 0 Å². The molecule has 1 unspecified atom stereocenters. The Bertz CT molecular complexity index is 302. The van der Waals surface area contributed by atoms with Crippen LogP contribution in [0.5, 0.6) is 0 Å². The second-order valence-electron chi connectivity index (χ2n) is 3.89. The molecule has 0 aliphatic carbocycles. The van der Waals surface area contributed by atoms with Crippen LogP contribution in [0.4, 0.5) is 0 Å². The Labute approximate surface area is 84.3 Å². The zero-order valence-corrected chi connectivity index (χ0v) is 9.00. The quantitative estimate of drug-likeness (QED) is 0.722. The molecule has 4 heteroatoms. The van der Waals surface area contributed by atoms with E-state index in [1.165, 1.54) is 0 Å². The first-order chi connectivity index (χ1) is 6.68. The molecule has 1 atom stereocenters. The van der Waals surface area contributed by atoms with Crippen LogP contribution in [0, 0.1) is 13.8 Å². The van der Waals surface area contributed by atoms with Gasteiger partial charge in [-0.1, -0.05) is 0 Å². The molecule has 2 rings (SSSR count). The van der Waals surface area contributed by atoms with Gasteiger partial charge in [0.15, 0.2) is 0 Å². The summed E-state index contributed by atoms with van der Waals surface area (Å²) in [5.41, 5.74) is 0.999. The fourth-order valence-corrected chi connectivity index (χ4v) is 1.72. The summed E-state index contributed by atoms with van der Waals surface area (Å²) in [5.74, 6) is 1.77. The van der Waals surface area contributed by atoms with E-state index < -0.39 is 0 Å². The van der Waals surface area contributed by atoms with Crippen molar-refractivity contribution in [1.29, 1.82) is 0 Å². The number of aryl methyl sites for hydroxylation is 2. The predicted octanol–water partition coefficient (Wildman–Crippen LogP) is 0.868. The topological polar surface area (TPSA) is 41.3 Å². The Morgan fingerprint density at radius 1 is 1.50 bits per heavy atom. The largest absolute Gasteiger partial charge is 0.444 e. The molecule has 1 aromatic heterocycles. The molecule has 0 aromatic carbocycles. The number of hydrogen-bond donors (Lipinski definition) is 1. The second-order valence-corrected chi connectivity index (χ2v) is 3.89. The van der Waals surface area contributed by atoms with Crippen molar-refractivity contribution in [2.75, 3.05) is 26.7 Å². The molecule has 14 heavy (non-hydrogen) atoms. The standard InChI is InChI=1S/C10H17N3O/c1-7-8(2)14-10(12-7)9-6-11-4-5-13(9)3/h9,11H,4-6H2,1-3H3. The minimum Gasteiger partial charge on any atom is -0.444 e. The number of rotatable bonds is 1. The van der Waals surface area contributed by atoms with Gasteiger partial charge in [-0.05, 0) is 20.9 Å². The molecular weight excluding hydrogens is 178 g/mol. The molecule has 0 radical (unpaired) electrons. The molecule has 0 saturated carbocycles. The van der Waals surface area contributed by atoms with Gasteiger partial charge in [0.1, 0.15) is 5.76 Å². The second kappa shape index (κ2) is 3.71. The maximum atomic E-state index is 5.63. The average molecular weight is 195 g/mol. The predicted molar refractivity (Wildman–Crippen MR) is 54.2 cm³/mol. The van der Waals surface area contributed by atoms with Crippen molar-refractivity contribution >= 4 is 0 Å². The average Bonchev–Trinajstić information content (AvgIpc) is 2.48. The third kappa shape index (κ3) is 1.67. The molecule has 1 N–H and O–H groups in total. The molecule has 1 aliphatic rings. The first kappa shape index (κ1) is 9.68. The highest BCUT2D eigenvalue weighted by Gasteiger charge is 2.25. The highest BCUT2D eigenvalue weighted by atomic mass is 16.4. The third-order valence-electron chi connectivity index (χ3n) is 2.84. The van der Waals surface area contributed by atoms with E-state index in [4.69, 9.17) is 4.42 Å². The molecule has 0 bridgehead atoms. The van der Waals surface area contributed by atoms with Gasteiger partial charge in [0.25, 0.3) is 0 Å². The Morgan fingerprint density at radius 3 is 2.86 bits per heavy atom. The minimum atomic E-state index is 0.288. The number of piperazine rings is 1. The van der Waals surface area contributed by atoms with E-state index in [2.05, 4.69) is 22.2 Å². The lowest BCUT2D eigenvalue weighted by atomic mass is 10.2. The van der Waals surface area contributed by atoms with Crippen molar-refractivity contribution in [3.05, 3.63) is 17.3 Å². The summed E-state index contributed by atoms with van der Waals surface area (Å²) in [6, 6.07) is 0.288. The monoisotopic (exact) mass is 195 g/mol. The summed E-state index contributed by atoms with van der Waals surface area (Å²) < 4.78 is 5.63. The molecule has 0 spiro atoms. The van der Waals surface area contributed by atoms with Crippen LogP contribution in [0.3, 0.4) is 0 Å². The summed E-state index contributed by atoms with van der Waals surface area (Å²) in [4.78, 5) is 6.71. The summed E-state index contributed by atoms with van der Waals surface area (Å²) in [7, 11) is 2.11. The normalized spacial score (nSPS) is 24.1. The summed E-state index contributed by atoms with van der Waals surface area (Å²) >= 11 is 0. The van der Waals surface area contributed by atoms with Gasteiger partial charge in [0, 0.05) is 19.6 Å². The Kier molecular flexibility index (Phi) is 2.56. The number of nitrogens with zero attached hydrogens (tertiary/aromatic N) is 2. The van der Waals surface area contributed by atoms with E-state index in [1.807, 2.05) is 13.8 Å². The van der Waals surface area contributed by atoms with E-state index in [9.17, 15) is 0 Å². The minimum absolute atomic E-state index is 0.288. The van der Waals surface area contributed by atoms with Crippen molar-refractivity contribution in [3.8, 4) is 0 Å². The van der Waals surface area contributed by atoms with Gasteiger partial charge in [-0.2, -0.15) is 0 Å². The number of oxazole rings is 1. The molecule has 0 amide bonds. The van der Waals surface area contributed by atoms with Gasteiger partial charge in [-0.3, -0.25) is 4.90 Å². The van der Waals surface area contributed by atoms with E-state index >= 15 is 0 Å². The van der Waals surface area contributed by atoms with Gasteiger partial charge in [-0.15, -0.1) is 0 Å². The van der Waals surface area contributed by atoms with Crippen LogP contribution in [-0.2, 0) is 0 Å². The van der Waals surface area contributed by atoms with Crippen LogP contribution in [-0.4, -0.2) is 36.6 Å².